The third-order valence-corrected chi connectivity index (χ3v) is 2.15. The highest BCUT2D eigenvalue weighted by Crippen LogP contribution is 2.31. The van der Waals surface area contributed by atoms with Crippen molar-refractivity contribution >= 4 is 11.4 Å². The lowest BCUT2D eigenvalue weighted by atomic mass is 10.2. The monoisotopic (exact) mass is 162 g/mol. The van der Waals surface area contributed by atoms with Crippen LogP contribution in [0, 0.1) is 0 Å². The van der Waals surface area contributed by atoms with Gasteiger partial charge < -0.3 is 9.80 Å². The molecule has 0 N–H and O–H groups in total. The molecule has 0 unspecified atom stereocenters. The van der Waals surface area contributed by atoms with Gasteiger partial charge in [0.25, 0.3) is 0 Å². The van der Waals surface area contributed by atoms with Crippen molar-refractivity contribution in [1.82, 2.24) is 0 Å². The third-order valence-electron chi connectivity index (χ3n) is 2.15. The number of rotatable bonds is 2. The molecule has 12 heavy (non-hydrogen) atoms. The predicted molar refractivity (Wildman–Crippen MR) is 53.0 cm³/mol. The summed E-state index contributed by atoms with van der Waals surface area (Å²) in [5.74, 6) is 0. The summed E-state index contributed by atoms with van der Waals surface area (Å²) in [4.78, 5) is 4.53. The van der Waals surface area contributed by atoms with Gasteiger partial charge in [-0.3, -0.25) is 0 Å². The average Bonchev–Trinajstić information content (AvgIpc) is 2.87. The van der Waals surface area contributed by atoms with Gasteiger partial charge in [0, 0.05) is 27.2 Å². The van der Waals surface area contributed by atoms with Crippen molar-refractivity contribution in [3.8, 4) is 0 Å². The quantitative estimate of drug-likeness (QED) is 0.609. The Kier molecular flexibility index (Phi) is 1.68. The zero-order valence-corrected chi connectivity index (χ0v) is 7.62. The summed E-state index contributed by atoms with van der Waals surface area (Å²) in [5, 5.41) is 0. The molecule has 0 saturated carbocycles. The summed E-state index contributed by atoms with van der Waals surface area (Å²) in [6.45, 7) is 2.43. The maximum atomic E-state index is 2.37. The number of para-hydroxylation sites is 2. The normalized spacial score (nSPS) is 14.7. The number of benzene rings is 1. The van der Waals surface area contributed by atoms with Crippen molar-refractivity contribution in [2.75, 3.05) is 37.0 Å². The molecule has 1 saturated heterocycles. The van der Waals surface area contributed by atoms with Gasteiger partial charge in [-0.25, -0.2) is 0 Å². The summed E-state index contributed by atoms with van der Waals surface area (Å²) >= 11 is 0. The minimum atomic E-state index is 1.21. The minimum Gasteiger partial charge on any atom is -0.376 e. The van der Waals surface area contributed by atoms with Gasteiger partial charge in [-0.05, 0) is 12.1 Å². The zero-order valence-electron chi connectivity index (χ0n) is 7.62. The SMILES string of the molecule is CN(C)c1ccccc1N1CC1. The van der Waals surface area contributed by atoms with Crippen LogP contribution < -0.4 is 9.80 Å². The highest BCUT2D eigenvalue weighted by molar-refractivity contribution is 5.72. The maximum Gasteiger partial charge on any atom is 0.0605 e. The average molecular weight is 162 g/mol. The van der Waals surface area contributed by atoms with E-state index >= 15 is 0 Å². The lowest BCUT2D eigenvalue weighted by molar-refractivity contribution is 1.12. The van der Waals surface area contributed by atoms with Crippen LogP contribution in [0.4, 0.5) is 11.4 Å². The molecule has 2 heteroatoms. The van der Waals surface area contributed by atoms with Crippen molar-refractivity contribution in [2.45, 2.75) is 0 Å². The van der Waals surface area contributed by atoms with Gasteiger partial charge >= 0.3 is 0 Å². The van der Waals surface area contributed by atoms with Gasteiger partial charge in [-0.15, -0.1) is 0 Å². The van der Waals surface area contributed by atoms with E-state index < -0.39 is 0 Å². The minimum absolute atomic E-state index is 1.21. The number of hydrogen-bond acceptors (Lipinski definition) is 2. The van der Waals surface area contributed by atoms with Crippen molar-refractivity contribution in [3.05, 3.63) is 24.3 Å². The summed E-state index contributed by atoms with van der Waals surface area (Å²) in [7, 11) is 4.17. The van der Waals surface area contributed by atoms with E-state index in [-0.39, 0.29) is 0 Å². The predicted octanol–water partition coefficient (Wildman–Crippen LogP) is 1.57. The smallest absolute Gasteiger partial charge is 0.0605 e. The molecule has 1 fully saturated rings. The first-order valence-electron chi connectivity index (χ1n) is 4.30. The molecule has 0 amide bonds. The van der Waals surface area contributed by atoms with E-state index in [1.54, 1.807) is 0 Å². The molecule has 0 spiro atoms. The third kappa shape index (κ3) is 1.24. The summed E-state index contributed by atoms with van der Waals surface area (Å²) in [5.41, 5.74) is 2.68. The van der Waals surface area contributed by atoms with E-state index in [9.17, 15) is 0 Å². The van der Waals surface area contributed by atoms with Crippen molar-refractivity contribution in [1.29, 1.82) is 0 Å². The topological polar surface area (TPSA) is 6.25 Å². The molecule has 1 aliphatic rings. The lowest BCUT2D eigenvalue weighted by Crippen LogP contribution is -2.11. The Morgan fingerprint density at radius 3 is 2.42 bits per heavy atom. The number of nitrogens with zero attached hydrogens (tertiary/aromatic N) is 2. The Bertz CT molecular complexity index is 256. The van der Waals surface area contributed by atoms with Crippen molar-refractivity contribution in [3.63, 3.8) is 0 Å². The molecule has 0 bridgehead atoms. The fourth-order valence-electron chi connectivity index (χ4n) is 1.40. The second kappa shape index (κ2) is 2.70. The van der Waals surface area contributed by atoms with E-state index in [1.807, 2.05) is 0 Å². The second-order valence-electron chi connectivity index (χ2n) is 3.37. The van der Waals surface area contributed by atoms with Crippen LogP contribution in [0.25, 0.3) is 0 Å². The van der Waals surface area contributed by atoms with Gasteiger partial charge in [0.05, 0.1) is 11.4 Å². The Labute approximate surface area is 73.4 Å². The molecule has 1 aromatic rings. The van der Waals surface area contributed by atoms with Crippen LogP contribution in [-0.4, -0.2) is 27.2 Å². The molecule has 0 radical (unpaired) electrons. The van der Waals surface area contributed by atoms with Crippen LogP contribution >= 0.6 is 0 Å². The van der Waals surface area contributed by atoms with E-state index in [1.165, 1.54) is 24.5 Å². The molecule has 0 atom stereocenters. The molecule has 2 rings (SSSR count). The Morgan fingerprint density at radius 1 is 1.17 bits per heavy atom. The summed E-state index contributed by atoms with van der Waals surface area (Å²) < 4.78 is 0. The largest absolute Gasteiger partial charge is 0.376 e. The molecule has 0 aliphatic carbocycles. The molecular weight excluding hydrogens is 148 g/mol. The first kappa shape index (κ1) is 7.47. The van der Waals surface area contributed by atoms with Gasteiger partial charge in [-0.2, -0.15) is 0 Å². The molecule has 1 heterocycles. The highest BCUT2D eigenvalue weighted by Gasteiger charge is 2.20. The van der Waals surface area contributed by atoms with Gasteiger partial charge in [0.15, 0.2) is 0 Å². The van der Waals surface area contributed by atoms with Crippen LogP contribution in [0.1, 0.15) is 0 Å². The fourth-order valence-corrected chi connectivity index (χ4v) is 1.40. The number of anilines is 2. The maximum absolute atomic E-state index is 2.37. The standard InChI is InChI=1S/C10H14N2/c1-11(2)9-5-3-4-6-10(9)12-7-8-12/h3-6H,7-8H2,1-2H3. The molecular formula is C10H14N2. The molecule has 1 aliphatic heterocycles. The van der Waals surface area contributed by atoms with Crippen molar-refractivity contribution in [2.24, 2.45) is 0 Å². The van der Waals surface area contributed by atoms with E-state index in [4.69, 9.17) is 0 Å². The number of hydrogen-bond donors (Lipinski definition) is 0. The summed E-state index contributed by atoms with van der Waals surface area (Å²) in [6.07, 6.45) is 0. The van der Waals surface area contributed by atoms with Gasteiger partial charge in [0.1, 0.15) is 0 Å². The van der Waals surface area contributed by atoms with Gasteiger partial charge in [-0.1, -0.05) is 12.1 Å². The van der Waals surface area contributed by atoms with Gasteiger partial charge in [0.2, 0.25) is 0 Å². The Morgan fingerprint density at radius 2 is 1.83 bits per heavy atom. The van der Waals surface area contributed by atoms with E-state index in [0.717, 1.165) is 0 Å². The van der Waals surface area contributed by atoms with Crippen molar-refractivity contribution < 1.29 is 0 Å². The molecule has 1 aromatic carbocycles. The molecule has 0 aromatic heterocycles. The van der Waals surface area contributed by atoms with Crippen LogP contribution in [0.5, 0.6) is 0 Å². The van der Waals surface area contributed by atoms with Crippen LogP contribution in [0.3, 0.4) is 0 Å². The molecule has 64 valence electrons. The zero-order chi connectivity index (χ0) is 8.55. The first-order chi connectivity index (χ1) is 5.79. The highest BCUT2D eigenvalue weighted by atomic mass is 15.3. The Balaban J connectivity index is 2.36. The fraction of sp³-hybridized carbons (Fsp3) is 0.400. The van der Waals surface area contributed by atoms with E-state index in [2.05, 4.69) is 48.2 Å². The summed E-state index contributed by atoms with van der Waals surface area (Å²) in [6, 6.07) is 8.53. The first-order valence-corrected chi connectivity index (χ1v) is 4.30. The van der Waals surface area contributed by atoms with Crippen LogP contribution in [0.15, 0.2) is 24.3 Å². The van der Waals surface area contributed by atoms with E-state index in [0.29, 0.717) is 0 Å². The molecule has 2 nitrogen and oxygen atoms in total. The lowest BCUT2D eigenvalue weighted by Gasteiger charge is -2.17. The van der Waals surface area contributed by atoms with Crippen LogP contribution in [0.2, 0.25) is 0 Å². The second-order valence-corrected chi connectivity index (χ2v) is 3.37. The van der Waals surface area contributed by atoms with Crippen LogP contribution in [-0.2, 0) is 0 Å². The Hall–Kier alpha value is -1.18.